The predicted molar refractivity (Wildman–Crippen MR) is 148 cm³/mol. The van der Waals surface area contributed by atoms with E-state index in [1.807, 2.05) is 46.9 Å². The van der Waals surface area contributed by atoms with Gasteiger partial charge in [0, 0.05) is 0 Å². The quantitative estimate of drug-likeness (QED) is 0.330. The van der Waals surface area contributed by atoms with Crippen LogP contribution in [-0.4, -0.2) is 29.4 Å². The summed E-state index contributed by atoms with van der Waals surface area (Å²) in [4.78, 5) is 31.9. The highest BCUT2D eigenvalue weighted by Gasteiger charge is 2.33. The third-order valence-corrected chi connectivity index (χ3v) is 7.81. The second-order valence-corrected chi connectivity index (χ2v) is 10.8. The molecule has 1 aromatic heterocycles. The Morgan fingerprint density at radius 2 is 1.97 bits per heavy atom. The number of ether oxygens (including phenoxy) is 2. The Hall–Kier alpha value is -2.92. The van der Waals surface area contributed by atoms with Gasteiger partial charge >= 0.3 is 5.97 Å². The third-order valence-electron chi connectivity index (χ3n) is 6.00. The number of rotatable bonds is 6. The number of esters is 1. The average molecular weight is 618 g/mol. The Morgan fingerprint density at radius 1 is 1.28 bits per heavy atom. The van der Waals surface area contributed by atoms with Crippen LogP contribution in [0.5, 0.6) is 11.5 Å². The molecule has 2 heterocycles. The highest BCUT2D eigenvalue weighted by atomic mass is 127. The molecule has 36 heavy (non-hydrogen) atoms. The summed E-state index contributed by atoms with van der Waals surface area (Å²) in [7, 11) is 1.48. The Balaban J connectivity index is 1.94. The SMILES string of the molecule is CCOC(=O)C1=C(C)N=c2sc(=Cc3cc(I)c(O)c(OC)c3)c(=O)n2C1c1ccc(C(C)C)cc1. The van der Waals surface area contributed by atoms with E-state index in [0.717, 1.165) is 5.56 Å². The highest BCUT2D eigenvalue weighted by Crippen LogP contribution is 2.33. The lowest BCUT2D eigenvalue weighted by Crippen LogP contribution is -2.39. The first-order valence-corrected chi connectivity index (χ1v) is 13.4. The molecule has 0 bridgehead atoms. The number of aromatic nitrogens is 1. The number of phenolic OH excluding ortho intramolecular Hbond substituents is 1. The molecule has 0 amide bonds. The average Bonchev–Trinajstić information content (AvgIpc) is 3.14. The van der Waals surface area contributed by atoms with E-state index in [1.54, 1.807) is 36.6 Å². The molecule has 4 rings (SSSR count). The Morgan fingerprint density at radius 3 is 2.58 bits per heavy atom. The molecule has 1 N–H and O–H groups in total. The minimum absolute atomic E-state index is 0.0521. The van der Waals surface area contributed by atoms with Crippen LogP contribution in [-0.2, 0) is 9.53 Å². The summed E-state index contributed by atoms with van der Waals surface area (Å²) in [6.07, 6.45) is 1.75. The molecule has 3 aromatic rings. The maximum absolute atomic E-state index is 13.7. The molecule has 9 heteroatoms. The zero-order valence-electron chi connectivity index (χ0n) is 20.7. The van der Waals surface area contributed by atoms with Crippen molar-refractivity contribution in [2.45, 2.75) is 39.7 Å². The number of thiazole rings is 1. The number of hydrogen-bond donors (Lipinski definition) is 1. The molecule has 1 atom stereocenters. The van der Waals surface area contributed by atoms with Gasteiger partial charge in [0.2, 0.25) is 0 Å². The molecule has 188 valence electrons. The highest BCUT2D eigenvalue weighted by molar-refractivity contribution is 14.1. The normalized spacial score (nSPS) is 15.6. The lowest BCUT2D eigenvalue weighted by molar-refractivity contribution is -0.139. The van der Waals surface area contributed by atoms with E-state index in [2.05, 4.69) is 18.8 Å². The molecule has 0 radical (unpaired) electrons. The maximum atomic E-state index is 13.7. The van der Waals surface area contributed by atoms with E-state index in [9.17, 15) is 14.7 Å². The van der Waals surface area contributed by atoms with Crippen LogP contribution in [0.1, 0.15) is 56.3 Å². The molecule has 0 saturated carbocycles. The Labute approximate surface area is 226 Å². The monoisotopic (exact) mass is 618 g/mol. The number of carbonyl (C=O) groups excluding carboxylic acids is 1. The zero-order chi connectivity index (χ0) is 26.1. The van der Waals surface area contributed by atoms with Gasteiger partial charge in [-0.1, -0.05) is 49.4 Å². The summed E-state index contributed by atoms with van der Waals surface area (Å²) >= 11 is 3.27. The van der Waals surface area contributed by atoms with E-state index in [0.29, 0.717) is 41.4 Å². The second kappa shape index (κ2) is 10.6. The third kappa shape index (κ3) is 4.86. The summed E-state index contributed by atoms with van der Waals surface area (Å²) in [6.45, 7) is 7.98. The van der Waals surface area contributed by atoms with Crippen molar-refractivity contribution in [2.24, 2.45) is 4.99 Å². The summed E-state index contributed by atoms with van der Waals surface area (Å²) in [5.41, 5.74) is 3.31. The van der Waals surface area contributed by atoms with Crippen molar-refractivity contribution < 1.29 is 19.4 Å². The largest absolute Gasteiger partial charge is 0.504 e. The van der Waals surface area contributed by atoms with Gasteiger partial charge in [0.15, 0.2) is 16.3 Å². The van der Waals surface area contributed by atoms with Gasteiger partial charge in [-0.25, -0.2) is 9.79 Å². The number of methoxy groups -OCH3 is 1. The molecular formula is C27H27IN2O5S. The zero-order valence-corrected chi connectivity index (χ0v) is 23.6. The number of phenols is 1. The van der Waals surface area contributed by atoms with Crippen molar-refractivity contribution in [1.29, 1.82) is 0 Å². The summed E-state index contributed by atoms with van der Waals surface area (Å²) < 4.78 is 13.3. The van der Waals surface area contributed by atoms with Crippen molar-refractivity contribution in [3.05, 3.63) is 87.6 Å². The lowest BCUT2D eigenvalue weighted by atomic mass is 9.93. The van der Waals surface area contributed by atoms with Crippen molar-refractivity contribution in [2.75, 3.05) is 13.7 Å². The van der Waals surface area contributed by atoms with E-state index < -0.39 is 12.0 Å². The predicted octanol–water partition coefficient (Wildman–Crippen LogP) is 4.24. The first kappa shape index (κ1) is 26.2. The number of fused-ring (bicyclic) bond motifs is 1. The first-order chi connectivity index (χ1) is 17.2. The number of allylic oxidation sites excluding steroid dienone is 1. The van der Waals surface area contributed by atoms with Crippen LogP contribution in [0.15, 0.2) is 57.5 Å². The van der Waals surface area contributed by atoms with Gasteiger partial charge in [-0.15, -0.1) is 0 Å². The van der Waals surface area contributed by atoms with Crippen LogP contribution in [0, 0.1) is 3.57 Å². The van der Waals surface area contributed by atoms with Crippen molar-refractivity contribution in [1.82, 2.24) is 4.57 Å². The second-order valence-electron chi connectivity index (χ2n) is 8.68. The van der Waals surface area contributed by atoms with Gasteiger partial charge in [-0.05, 0) is 77.3 Å². The minimum Gasteiger partial charge on any atom is -0.504 e. The van der Waals surface area contributed by atoms with Gasteiger partial charge in [0.25, 0.3) is 5.56 Å². The van der Waals surface area contributed by atoms with Crippen LogP contribution < -0.4 is 19.6 Å². The Kier molecular flexibility index (Phi) is 7.70. The molecule has 0 fully saturated rings. The van der Waals surface area contributed by atoms with Crippen LogP contribution in [0.25, 0.3) is 6.08 Å². The number of hydrogen-bond acceptors (Lipinski definition) is 7. The van der Waals surface area contributed by atoms with Gasteiger partial charge < -0.3 is 14.6 Å². The molecule has 1 unspecified atom stereocenters. The van der Waals surface area contributed by atoms with E-state index in [-0.39, 0.29) is 17.9 Å². The smallest absolute Gasteiger partial charge is 0.338 e. The van der Waals surface area contributed by atoms with Gasteiger partial charge in [-0.3, -0.25) is 9.36 Å². The topological polar surface area (TPSA) is 90.1 Å². The fraction of sp³-hybridized carbons (Fsp3) is 0.296. The molecule has 1 aliphatic rings. The fourth-order valence-electron chi connectivity index (χ4n) is 4.15. The van der Waals surface area contributed by atoms with Crippen molar-refractivity contribution in [3.8, 4) is 11.5 Å². The summed E-state index contributed by atoms with van der Waals surface area (Å²) in [5.74, 6) is 0.248. The van der Waals surface area contributed by atoms with Crippen molar-refractivity contribution in [3.63, 3.8) is 0 Å². The number of aromatic hydroxyl groups is 1. The van der Waals surface area contributed by atoms with E-state index in [4.69, 9.17) is 9.47 Å². The lowest BCUT2D eigenvalue weighted by Gasteiger charge is -2.25. The standard InChI is InChI=1S/C27H27IN2O5S/c1-6-35-26(33)22-15(4)29-27-30(23(22)18-9-7-17(8-10-18)14(2)3)25(32)21(36-27)13-16-11-19(28)24(31)20(12-16)34-5/h7-14,23,31H,6H2,1-5H3. The molecule has 0 aliphatic carbocycles. The van der Waals surface area contributed by atoms with Gasteiger partial charge in [0.05, 0.1) is 39.1 Å². The molecular weight excluding hydrogens is 591 g/mol. The number of halogens is 1. The van der Waals surface area contributed by atoms with E-state index >= 15 is 0 Å². The van der Waals surface area contributed by atoms with Crippen LogP contribution in [0.3, 0.4) is 0 Å². The van der Waals surface area contributed by atoms with Crippen molar-refractivity contribution >= 4 is 46.0 Å². The number of carbonyl (C=O) groups is 1. The molecule has 7 nitrogen and oxygen atoms in total. The van der Waals surface area contributed by atoms with Crippen LogP contribution in [0.2, 0.25) is 0 Å². The summed E-state index contributed by atoms with van der Waals surface area (Å²) in [5, 5.41) is 10.2. The van der Waals surface area contributed by atoms with Crippen LogP contribution in [0.4, 0.5) is 0 Å². The maximum Gasteiger partial charge on any atom is 0.338 e. The number of nitrogens with zero attached hydrogens (tertiary/aromatic N) is 2. The molecule has 1 aliphatic heterocycles. The van der Waals surface area contributed by atoms with E-state index in [1.165, 1.54) is 24.0 Å². The van der Waals surface area contributed by atoms with Gasteiger partial charge in [-0.2, -0.15) is 0 Å². The molecule has 2 aromatic carbocycles. The molecule has 0 spiro atoms. The van der Waals surface area contributed by atoms with Gasteiger partial charge in [0.1, 0.15) is 0 Å². The minimum atomic E-state index is -0.654. The first-order valence-electron chi connectivity index (χ1n) is 11.5. The summed E-state index contributed by atoms with van der Waals surface area (Å²) in [6, 6.07) is 10.8. The molecule has 0 saturated heterocycles. The van der Waals surface area contributed by atoms with Crippen LogP contribution >= 0.6 is 33.9 Å². The fourth-order valence-corrected chi connectivity index (χ4v) is 5.83. The Bertz CT molecular complexity index is 1530. The number of benzene rings is 2.